The summed E-state index contributed by atoms with van der Waals surface area (Å²) in [5.41, 5.74) is 5.38. The lowest BCUT2D eigenvalue weighted by molar-refractivity contribution is -0.0482. The van der Waals surface area contributed by atoms with E-state index < -0.39 is 70.1 Å². The number of nitrogens with one attached hydrogen (secondary N) is 1. The van der Waals surface area contributed by atoms with E-state index in [4.69, 9.17) is 37.7 Å². The summed E-state index contributed by atoms with van der Waals surface area (Å²) in [6.07, 6.45) is -0.375. The lowest BCUT2D eigenvalue weighted by Crippen LogP contribution is -2.50. The zero-order valence-electron chi connectivity index (χ0n) is 26.9. The molecule has 2 saturated heterocycles. The van der Waals surface area contributed by atoms with Crippen molar-refractivity contribution >= 4 is 63.5 Å². The Morgan fingerprint density at radius 1 is 1.08 bits per heavy atom. The van der Waals surface area contributed by atoms with Crippen molar-refractivity contribution in [3.63, 3.8) is 0 Å². The Labute approximate surface area is 287 Å². The summed E-state index contributed by atoms with van der Waals surface area (Å²) in [5, 5.41) is -0.264. The minimum Gasteiger partial charge on any atom is -0.474 e. The summed E-state index contributed by atoms with van der Waals surface area (Å²) in [7, 11) is -2.59. The summed E-state index contributed by atoms with van der Waals surface area (Å²) in [4.78, 5) is 31.5. The third-order valence-corrected chi connectivity index (χ3v) is 16.8. The topological polar surface area (TPSA) is 214 Å². The van der Waals surface area contributed by atoms with Gasteiger partial charge < -0.3 is 24.2 Å². The Morgan fingerprint density at radius 2 is 1.81 bits per heavy atom. The summed E-state index contributed by atoms with van der Waals surface area (Å²) < 4.78 is 72.4. The second kappa shape index (κ2) is 13.4. The average Bonchev–Trinajstić information content (AvgIpc) is 3.66. The van der Waals surface area contributed by atoms with E-state index in [0.717, 1.165) is 0 Å². The number of fused-ring (bicyclic) bond motifs is 4. The van der Waals surface area contributed by atoms with Crippen molar-refractivity contribution in [3.05, 3.63) is 35.3 Å². The molecule has 5 heterocycles. The maximum absolute atomic E-state index is 14.0. The highest BCUT2D eigenvalue weighted by Crippen LogP contribution is 2.61. The average molecular weight is 764 g/mol. The SMILES string of the molecule is CC(C)(C)[Si](C)(C)O[C@H]1[C@H]2O[P@@](=O)(S)OC[C@H]3C[C@@H](Oc4ccncn4)C[C@@H]3O[P@](=O)(S)OC[C@H]1O[C@H]2n1cnc2c(=O)[nH]c(N)nc21. The predicted octanol–water partition coefficient (Wildman–Crippen LogP) is 4.53. The van der Waals surface area contributed by atoms with Crippen LogP contribution in [0, 0.1) is 5.92 Å². The van der Waals surface area contributed by atoms with Crippen LogP contribution < -0.4 is 16.0 Å². The standard InChI is InChI=1S/C26H39N7O10P2S2Si/c1-26(2,3)48(4,5)43-20-17-11-38-44(35,46)41-16-9-15(39-18-6-7-28-12-29-18)8-14(16)10-37-45(36,47)42-21(20)24(40-17)33-13-30-19-22(33)31-25(27)32-23(19)34/h6-7,12-17,20-21,24H,8-11H2,1-5H3,(H,35,46)(H,36,47)(H3,27,31,32,34)/t14-,15-,16+,17-,20-,21-,24-,44-,45+/m1/s1. The molecular weight excluding hydrogens is 724 g/mol. The van der Waals surface area contributed by atoms with E-state index in [-0.39, 0.29) is 35.4 Å². The fourth-order valence-corrected chi connectivity index (χ4v) is 10.0. The van der Waals surface area contributed by atoms with Gasteiger partial charge in [0.2, 0.25) is 11.8 Å². The number of nitrogen functional groups attached to an aromatic ring is 1. The first-order chi connectivity index (χ1) is 22.4. The maximum Gasteiger partial charge on any atom is 0.386 e. The number of aromatic amines is 1. The Bertz CT molecular complexity index is 1800. The normalized spacial score (nSPS) is 35.0. The summed E-state index contributed by atoms with van der Waals surface area (Å²) in [5.74, 6) is -0.243. The predicted molar refractivity (Wildman–Crippen MR) is 183 cm³/mol. The Kier molecular flexibility index (Phi) is 10.0. The molecule has 0 aromatic carbocycles. The van der Waals surface area contributed by atoms with Gasteiger partial charge in [0.1, 0.15) is 30.7 Å². The molecule has 3 aliphatic rings. The van der Waals surface area contributed by atoms with Gasteiger partial charge >= 0.3 is 13.6 Å². The maximum atomic E-state index is 14.0. The van der Waals surface area contributed by atoms with Crippen molar-refractivity contribution in [2.45, 2.75) is 88.5 Å². The highest BCUT2D eigenvalue weighted by atomic mass is 32.7. The first kappa shape index (κ1) is 36.0. The minimum absolute atomic E-state index is 0.00732. The largest absolute Gasteiger partial charge is 0.474 e. The van der Waals surface area contributed by atoms with Crippen LogP contribution in [0.5, 0.6) is 5.88 Å². The van der Waals surface area contributed by atoms with Gasteiger partial charge in [-0.05, 0) is 24.6 Å². The molecule has 3 fully saturated rings. The van der Waals surface area contributed by atoms with Gasteiger partial charge in [-0.3, -0.25) is 27.9 Å². The van der Waals surface area contributed by atoms with Crippen molar-refractivity contribution in [1.82, 2.24) is 29.5 Å². The van der Waals surface area contributed by atoms with Gasteiger partial charge in [0, 0.05) is 24.6 Å². The molecule has 3 aromatic rings. The van der Waals surface area contributed by atoms with Gasteiger partial charge in [-0.25, -0.2) is 24.1 Å². The van der Waals surface area contributed by atoms with Crippen LogP contribution in [0.2, 0.25) is 18.1 Å². The lowest BCUT2D eigenvalue weighted by Gasteiger charge is -2.40. The molecular formula is C26H39N7O10P2S2Si. The van der Waals surface area contributed by atoms with Gasteiger partial charge in [0.05, 0.1) is 25.6 Å². The second-order valence-corrected chi connectivity index (χ2v) is 24.0. The molecule has 3 N–H and O–H groups in total. The Morgan fingerprint density at radius 3 is 2.52 bits per heavy atom. The van der Waals surface area contributed by atoms with E-state index in [1.807, 2.05) is 13.1 Å². The number of rotatable bonds is 5. The zero-order chi connectivity index (χ0) is 34.6. The molecule has 17 nitrogen and oxygen atoms in total. The van der Waals surface area contributed by atoms with Gasteiger partial charge in [-0.15, -0.1) is 0 Å². The molecule has 0 unspecified atom stereocenters. The number of thiol groups is 2. The summed E-state index contributed by atoms with van der Waals surface area (Å²) in [6, 6.07) is 1.62. The van der Waals surface area contributed by atoms with Gasteiger partial charge in [0.25, 0.3) is 5.56 Å². The monoisotopic (exact) mass is 763 g/mol. The van der Waals surface area contributed by atoms with Crippen molar-refractivity contribution in [2.24, 2.45) is 5.92 Å². The molecule has 9 atom stereocenters. The molecule has 0 amide bonds. The van der Waals surface area contributed by atoms with Crippen LogP contribution in [0.25, 0.3) is 11.2 Å². The van der Waals surface area contributed by atoms with Crippen molar-refractivity contribution in [1.29, 1.82) is 0 Å². The van der Waals surface area contributed by atoms with Crippen LogP contribution >= 0.6 is 38.1 Å². The molecule has 264 valence electrons. The first-order valence-corrected chi connectivity index (χ1v) is 23.5. The first-order valence-electron chi connectivity index (χ1n) is 15.2. The summed E-state index contributed by atoms with van der Waals surface area (Å²) in [6.45, 7) is 1.57. The van der Waals surface area contributed by atoms with Crippen LogP contribution in [-0.4, -0.2) is 81.5 Å². The molecule has 2 aliphatic heterocycles. The lowest BCUT2D eigenvalue weighted by atomic mass is 10.1. The van der Waals surface area contributed by atoms with E-state index >= 15 is 0 Å². The number of aromatic nitrogens is 6. The third-order valence-electron chi connectivity index (χ3n) is 9.05. The fraction of sp³-hybridized carbons (Fsp3) is 0.654. The van der Waals surface area contributed by atoms with Crippen LogP contribution in [-0.2, 0) is 36.4 Å². The number of hydrogen-bond acceptors (Lipinski definition) is 15. The summed E-state index contributed by atoms with van der Waals surface area (Å²) >= 11 is 8.67. The molecule has 3 aromatic heterocycles. The zero-order valence-corrected chi connectivity index (χ0v) is 31.4. The Balaban J connectivity index is 1.36. The number of nitrogens with two attached hydrogens (primary N) is 1. The highest BCUT2D eigenvalue weighted by molar-refractivity contribution is 8.44. The van der Waals surface area contributed by atoms with E-state index in [1.165, 1.54) is 17.2 Å². The van der Waals surface area contributed by atoms with Gasteiger partial charge in [0.15, 0.2) is 25.7 Å². The smallest absolute Gasteiger partial charge is 0.386 e. The van der Waals surface area contributed by atoms with Crippen LogP contribution in [0.3, 0.4) is 0 Å². The highest BCUT2D eigenvalue weighted by Gasteiger charge is 2.55. The number of H-pyrrole nitrogens is 1. The van der Waals surface area contributed by atoms with Crippen molar-refractivity contribution < 1.29 is 41.1 Å². The van der Waals surface area contributed by atoms with E-state index in [2.05, 4.69) is 70.2 Å². The third kappa shape index (κ3) is 7.73. The Hall–Kier alpha value is -1.83. The van der Waals surface area contributed by atoms with Crippen LogP contribution in [0.15, 0.2) is 29.7 Å². The van der Waals surface area contributed by atoms with Gasteiger partial charge in [-0.1, -0.05) is 45.3 Å². The van der Waals surface area contributed by atoms with Crippen LogP contribution in [0.1, 0.15) is 39.8 Å². The molecule has 48 heavy (non-hydrogen) atoms. The van der Waals surface area contributed by atoms with E-state index in [0.29, 0.717) is 18.7 Å². The molecule has 1 aliphatic carbocycles. The fourth-order valence-electron chi connectivity index (χ4n) is 5.67. The molecule has 6 rings (SSSR count). The molecule has 0 radical (unpaired) electrons. The quantitative estimate of drug-likeness (QED) is 0.160. The number of hydrogen-bond donors (Lipinski definition) is 4. The van der Waals surface area contributed by atoms with Crippen LogP contribution in [0.4, 0.5) is 5.95 Å². The molecule has 0 spiro atoms. The number of anilines is 1. The van der Waals surface area contributed by atoms with Crippen molar-refractivity contribution in [3.8, 4) is 5.88 Å². The van der Waals surface area contributed by atoms with E-state index in [9.17, 15) is 13.9 Å². The number of nitrogens with zero attached hydrogens (tertiary/aromatic N) is 5. The molecule has 1 saturated carbocycles. The minimum atomic E-state index is -4.17. The molecule has 22 heteroatoms. The van der Waals surface area contributed by atoms with Crippen molar-refractivity contribution in [2.75, 3.05) is 18.9 Å². The molecule has 2 bridgehead atoms. The van der Waals surface area contributed by atoms with E-state index in [1.54, 1.807) is 12.3 Å². The number of imidazole rings is 1. The van der Waals surface area contributed by atoms with Gasteiger partial charge in [-0.2, -0.15) is 4.98 Å². The number of ether oxygens (including phenoxy) is 2. The second-order valence-electron chi connectivity index (χ2n) is 13.4.